The molecule has 5 atom stereocenters. The Kier molecular flexibility index (Phi) is 5.93. The molecule has 140 valence electrons. The van der Waals surface area contributed by atoms with Crippen LogP contribution in [0.15, 0.2) is 35.5 Å². The minimum atomic E-state index is -0.319. The van der Waals surface area contributed by atoms with Gasteiger partial charge in [-0.1, -0.05) is 63.5 Å². The fourth-order valence-corrected chi connectivity index (χ4v) is 6.23. The van der Waals surface area contributed by atoms with Crippen LogP contribution in [0.1, 0.15) is 85.0 Å². The van der Waals surface area contributed by atoms with Crippen LogP contribution in [-0.4, -0.2) is 11.2 Å². The van der Waals surface area contributed by atoms with Crippen molar-refractivity contribution in [2.24, 2.45) is 23.2 Å². The largest absolute Gasteiger partial charge is 0.388 e. The molecule has 3 fully saturated rings. The van der Waals surface area contributed by atoms with Crippen LogP contribution in [0, 0.1) is 23.2 Å². The molecule has 0 amide bonds. The molecule has 1 N–H and O–H groups in total. The van der Waals surface area contributed by atoms with E-state index in [2.05, 4.69) is 39.5 Å². The fourth-order valence-electron chi connectivity index (χ4n) is 6.23. The number of aliphatic hydroxyl groups excluding tert-OH is 1. The van der Waals surface area contributed by atoms with Gasteiger partial charge in [0, 0.05) is 0 Å². The molecule has 0 aliphatic heterocycles. The van der Waals surface area contributed by atoms with E-state index >= 15 is 0 Å². The summed E-state index contributed by atoms with van der Waals surface area (Å²) in [5, 5.41) is 10.1. The fraction of sp³-hybridized carbons (Fsp3) is 0.750. The average molecular weight is 343 g/mol. The summed E-state index contributed by atoms with van der Waals surface area (Å²) in [6.07, 6.45) is 16.9. The van der Waals surface area contributed by atoms with E-state index in [9.17, 15) is 5.11 Å². The molecule has 3 saturated carbocycles. The normalized spacial score (nSPS) is 40.5. The van der Waals surface area contributed by atoms with Gasteiger partial charge in [-0.15, -0.1) is 0 Å². The second-order valence-corrected chi connectivity index (χ2v) is 9.31. The minimum absolute atomic E-state index is 0.319. The molecule has 0 saturated heterocycles. The van der Waals surface area contributed by atoms with Gasteiger partial charge in [-0.25, -0.2) is 0 Å². The molecular weight excluding hydrogens is 304 g/mol. The van der Waals surface area contributed by atoms with Crippen LogP contribution >= 0.6 is 0 Å². The highest BCUT2D eigenvalue weighted by atomic mass is 16.3. The van der Waals surface area contributed by atoms with Crippen molar-refractivity contribution in [3.05, 3.63) is 35.5 Å². The van der Waals surface area contributed by atoms with Crippen molar-refractivity contribution in [2.45, 2.75) is 91.1 Å². The maximum absolute atomic E-state index is 10.1. The van der Waals surface area contributed by atoms with Gasteiger partial charge in [-0.3, -0.25) is 0 Å². The Labute approximate surface area is 155 Å². The highest BCUT2D eigenvalue weighted by Gasteiger charge is 2.50. The molecule has 0 bridgehead atoms. The summed E-state index contributed by atoms with van der Waals surface area (Å²) in [6.45, 7) is 11.4. The van der Waals surface area contributed by atoms with E-state index in [4.69, 9.17) is 0 Å². The Morgan fingerprint density at radius 3 is 2.76 bits per heavy atom. The van der Waals surface area contributed by atoms with Crippen LogP contribution in [0.4, 0.5) is 0 Å². The molecule has 3 rings (SSSR count). The molecule has 0 aromatic carbocycles. The third-order valence-corrected chi connectivity index (χ3v) is 7.70. The number of hydrogen-bond acceptors (Lipinski definition) is 1. The Morgan fingerprint density at radius 2 is 2.04 bits per heavy atom. The SMILES string of the molecule is C=C1CC/C(=C/C=C2\CCC[C@@]3(C)C2CCC3[C@@H](C)CCC)C[C@H]1O. The van der Waals surface area contributed by atoms with Crippen molar-refractivity contribution >= 4 is 0 Å². The number of fused-ring (bicyclic) bond motifs is 1. The van der Waals surface area contributed by atoms with Crippen molar-refractivity contribution < 1.29 is 5.11 Å². The van der Waals surface area contributed by atoms with E-state index in [1.807, 2.05) is 0 Å². The minimum Gasteiger partial charge on any atom is -0.388 e. The Balaban J connectivity index is 1.74. The van der Waals surface area contributed by atoms with Gasteiger partial charge in [0.15, 0.2) is 0 Å². The standard InChI is InChI=1S/C24H38O/c1-5-7-17(2)21-13-14-22-20(8-6-15-24(21,22)4)12-11-19-10-9-18(3)23(25)16-19/h11-12,17,21-23,25H,3,5-10,13-16H2,1-2,4H3/b19-11-,20-12+/t17-,21?,22?,23+,24+/m0/s1. The molecule has 2 unspecified atom stereocenters. The van der Waals surface area contributed by atoms with Gasteiger partial charge in [-0.05, 0) is 80.1 Å². The quantitative estimate of drug-likeness (QED) is 0.571. The summed E-state index contributed by atoms with van der Waals surface area (Å²) in [6, 6.07) is 0. The molecule has 0 aromatic rings. The topological polar surface area (TPSA) is 20.2 Å². The smallest absolute Gasteiger partial charge is 0.0784 e. The van der Waals surface area contributed by atoms with Crippen molar-refractivity contribution in [3.63, 3.8) is 0 Å². The maximum atomic E-state index is 10.1. The van der Waals surface area contributed by atoms with Crippen LogP contribution < -0.4 is 0 Å². The number of allylic oxidation sites excluding steroid dienone is 3. The summed E-state index contributed by atoms with van der Waals surface area (Å²) >= 11 is 0. The van der Waals surface area contributed by atoms with Gasteiger partial charge in [0.1, 0.15) is 0 Å². The molecule has 3 aliphatic carbocycles. The summed E-state index contributed by atoms with van der Waals surface area (Å²) in [7, 11) is 0. The summed E-state index contributed by atoms with van der Waals surface area (Å²) < 4.78 is 0. The Bertz CT molecular complexity index is 554. The van der Waals surface area contributed by atoms with Crippen LogP contribution in [0.3, 0.4) is 0 Å². The third kappa shape index (κ3) is 3.82. The van der Waals surface area contributed by atoms with Crippen molar-refractivity contribution in [1.82, 2.24) is 0 Å². The van der Waals surface area contributed by atoms with Gasteiger partial charge >= 0.3 is 0 Å². The average Bonchev–Trinajstić information content (AvgIpc) is 2.94. The third-order valence-electron chi connectivity index (χ3n) is 7.70. The highest BCUT2D eigenvalue weighted by molar-refractivity contribution is 5.28. The van der Waals surface area contributed by atoms with Gasteiger partial charge in [0.05, 0.1) is 6.10 Å². The predicted molar refractivity (Wildman–Crippen MR) is 107 cm³/mol. The zero-order valence-corrected chi connectivity index (χ0v) is 16.7. The van der Waals surface area contributed by atoms with E-state index in [0.29, 0.717) is 5.41 Å². The first-order chi connectivity index (χ1) is 12.0. The lowest BCUT2D eigenvalue weighted by Gasteiger charge is -2.44. The lowest BCUT2D eigenvalue weighted by Crippen LogP contribution is -2.35. The van der Waals surface area contributed by atoms with Crippen molar-refractivity contribution in [3.8, 4) is 0 Å². The van der Waals surface area contributed by atoms with Crippen molar-refractivity contribution in [2.75, 3.05) is 0 Å². The predicted octanol–water partition coefficient (Wildman–Crippen LogP) is 6.59. The lowest BCUT2D eigenvalue weighted by atomic mass is 9.61. The van der Waals surface area contributed by atoms with Gasteiger partial charge in [0.25, 0.3) is 0 Å². The van der Waals surface area contributed by atoms with Gasteiger partial charge < -0.3 is 5.11 Å². The first kappa shape index (κ1) is 19.0. The summed E-state index contributed by atoms with van der Waals surface area (Å²) in [4.78, 5) is 0. The molecule has 1 nitrogen and oxygen atoms in total. The summed E-state index contributed by atoms with van der Waals surface area (Å²) in [5.74, 6) is 2.58. The first-order valence-corrected chi connectivity index (χ1v) is 10.7. The highest BCUT2D eigenvalue weighted by Crippen LogP contribution is 2.59. The van der Waals surface area contributed by atoms with Gasteiger partial charge in [-0.2, -0.15) is 0 Å². The van der Waals surface area contributed by atoms with Crippen LogP contribution in [0.25, 0.3) is 0 Å². The van der Waals surface area contributed by atoms with Crippen LogP contribution in [-0.2, 0) is 0 Å². The van der Waals surface area contributed by atoms with Crippen LogP contribution in [0.5, 0.6) is 0 Å². The molecule has 1 heteroatoms. The molecule has 3 aliphatic rings. The summed E-state index contributed by atoms with van der Waals surface area (Å²) in [5.41, 5.74) is 4.65. The number of hydrogen-bond donors (Lipinski definition) is 1. The van der Waals surface area contributed by atoms with E-state index in [0.717, 1.165) is 42.6 Å². The molecule has 0 aromatic heterocycles. The zero-order valence-electron chi connectivity index (χ0n) is 16.7. The van der Waals surface area contributed by atoms with Crippen LogP contribution in [0.2, 0.25) is 0 Å². The molecule has 0 heterocycles. The van der Waals surface area contributed by atoms with E-state index in [1.165, 1.54) is 50.5 Å². The second kappa shape index (κ2) is 7.82. The maximum Gasteiger partial charge on any atom is 0.0784 e. The molecule has 25 heavy (non-hydrogen) atoms. The number of aliphatic hydroxyl groups is 1. The van der Waals surface area contributed by atoms with E-state index < -0.39 is 0 Å². The first-order valence-electron chi connectivity index (χ1n) is 10.7. The monoisotopic (exact) mass is 342 g/mol. The van der Waals surface area contributed by atoms with Crippen molar-refractivity contribution in [1.29, 1.82) is 0 Å². The van der Waals surface area contributed by atoms with E-state index in [-0.39, 0.29) is 6.10 Å². The Morgan fingerprint density at radius 1 is 1.24 bits per heavy atom. The molecule has 0 spiro atoms. The Hall–Kier alpha value is -0.820. The molecule has 0 radical (unpaired) electrons. The number of rotatable bonds is 4. The zero-order chi connectivity index (χ0) is 18.0. The molecular formula is C24H38O. The second-order valence-electron chi connectivity index (χ2n) is 9.31. The lowest BCUT2D eigenvalue weighted by molar-refractivity contribution is 0.0940. The van der Waals surface area contributed by atoms with E-state index in [1.54, 1.807) is 5.57 Å². The van der Waals surface area contributed by atoms with Gasteiger partial charge in [0.2, 0.25) is 0 Å².